The van der Waals surface area contributed by atoms with Gasteiger partial charge in [0.25, 0.3) is 5.56 Å². The predicted octanol–water partition coefficient (Wildman–Crippen LogP) is 1.68. The van der Waals surface area contributed by atoms with Crippen LogP contribution in [0.1, 0.15) is 5.76 Å². The van der Waals surface area contributed by atoms with Gasteiger partial charge < -0.3 is 14.6 Å². The fourth-order valence-electron chi connectivity index (χ4n) is 3.05. The van der Waals surface area contributed by atoms with Crippen LogP contribution in [0.15, 0.2) is 37.7 Å². The summed E-state index contributed by atoms with van der Waals surface area (Å²) in [6.07, 6.45) is -0.282. The molecule has 0 unspecified atom stereocenters. The molecule has 0 aliphatic carbocycles. The number of anilines is 1. The molecule has 1 aromatic carbocycles. The second kappa shape index (κ2) is 7.80. The molecule has 0 radical (unpaired) electrons. The second-order valence-electron chi connectivity index (χ2n) is 6.62. The topological polar surface area (TPSA) is 121 Å². The summed E-state index contributed by atoms with van der Waals surface area (Å²) in [4.78, 5) is 41.2. The van der Waals surface area contributed by atoms with E-state index in [9.17, 15) is 18.8 Å². The lowest BCUT2D eigenvalue weighted by Gasteiger charge is -2.03. The first-order valence-electron chi connectivity index (χ1n) is 8.93. The number of methoxy groups -OCH3 is 1. The minimum atomic E-state index is -0.597. The fraction of sp³-hybridized carbons (Fsp3) is 0.211. The molecule has 0 saturated carbocycles. The molecule has 0 aliphatic heterocycles. The van der Waals surface area contributed by atoms with Crippen LogP contribution in [0.25, 0.3) is 22.3 Å². The van der Waals surface area contributed by atoms with Gasteiger partial charge in [0.05, 0.1) is 19.2 Å². The number of carbonyl (C=O) groups excluding carboxylic acids is 1. The Bertz CT molecular complexity index is 1430. The number of aromatic nitrogens is 4. The van der Waals surface area contributed by atoms with Crippen molar-refractivity contribution < 1.29 is 18.4 Å². The van der Waals surface area contributed by atoms with E-state index >= 15 is 0 Å². The molecule has 160 valence electrons. The van der Waals surface area contributed by atoms with E-state index in [1.807, 2.05) is 0 Å². The molecule has 4 rings (SSSR count). The third-order valence-electron chi connectivity index (χ3n) is 4.67. The zero-order chi connectivity index (χ0) is 22.3. The van der Waals surface area contributed by atoms with Crippen molar-refractivity contribution in [2.24, 2.45) is 14.1 Å². The van der Waals surface area contributed by atoms with Gasteiger partial charge in [-0.05, 0) is 18.2 Å². The number of hydrogen-bond acceptors (Lipinski definition) is 8. The Labute approximate surface area is 177 Å². The van der Waals surface area contributed by atoms with Gasteiger partial charge in [-0.1, -0.05) is 5.16 Å². The summed E-state index contributed by atoms with van der Waals surface area (Å²) < 4.78 is 26.1. The molecule has 3 aromatic heterocycles. The molecule has 4 aromatic rings. The van der Waals surface area contributed by atoms with Crippen molar-refractivity contribution in [1.82, 2.24) is 19.3 Å². The summed E-state index contributed by atoms with van der Waals surface area (Å²) in [5.41, 5.74) is -0.0715. The fourth-order valence-corrected chi connectivity index (χ4v) is 3.78. The molecular weight excluding hydrogens is 429 g/mol. The van der Waals surface area contributed by atoms with Crippen LogP contribution in [0.2, 0.25) is 0 Å². The van der Waals surface area contributed by atoms with Gasteiger partial charge in [0.1, 0.15) is 5.39 Å². The molecule has 1 amide bonds. The highest BCUT2D eigenvalue weighted by molar-refractivity contribution is 7.14. The Kier molecular flexibility index (Phi) is 5.15. The Balaban J connectivity index is 1.55. The SMILES string of the molecule is COc1ccc(-c2csc(NC(=O)Cc3onc4c3c(=O)n(C)c(=O)n4C)n2)cc1F. The van der Waals surface area contributed by atoms with Crippen LogP contribution < -0.4 is 21.3 Å². The molecule has 1 N–H and O–H groups in total. The molecule has 0 bridgehead atoms. The zero-order valence-electron chi connectivity index (χ0n) is 16.6. The van der Waals surface area contributed by atoms with Gasteiger partial charge in [0.2, 0.25) is 5.91 Å². The van der Waals surface area contributed by atoms with E-state index in [4.69, 9.17) is 9.26 Å². The number of ether oxygens (including phenoxy) is 1. The highest BCUT2D eigenvalue weighted by Crippen LogP contribution is 2.28. The van der Waals surface area contributed by atoms with Crippen molar-refractivity contribution in [3.63, 3.8) is 0 Å². The molecular formula is C19H16FN5O5S. The van der Waals surface area contributed by atoms with Crippen LogP contribution in [0.5, 0.6) is 5.75 Å². The first kappa shape index (κ1) is 20.5. The molecule has 12 heteroatoms. The van der Waals surface area contributed by atoms with Crippen molar-refractivity contribution in [1.29, 1.82) is 0 Å². The lowest BCUT2D eigenvalue weighted by molar-refractivity contribution is -0.115. The maximum atomic E-state index is 13.9. The normalized spacial score (nSPS) is 11.1. The number of carbonyl (C=O) groups is 1. The van der Waals surface area contributed by atoms with Crippen LogP contribution in [0.3, 0.4) is 0 Å². The second-order valence-corrected chi connectivity index (χ2v) is 7.48. The average Bonchev–Trinajstić information content (AvgIpc) is 3.38. The average molecular weight is 445 g/mol. The standard InChI is InChI=1S/C19H16FN5O5S/c1-24-16-15(17(27)25(2)19(24)28)13(30-23-16)7-14(26)22-18-21-11(8-31-18)9-4-5-12(29-3)10(20)6-9/h4-6,8H,7H2,1-3H3,(H,21,22,26). The van der Waals surface area contributed by atoms with E-state index < -0.39 is 23.0 Å². The van der Waals surface area contributed by atoms with Crippen LogP contribution in [-0.4, -0.2) is 32.3 Å². The number of thiazole rings is 1. The van der Waals surface area contributed by atoms with E-state index in [1.54, 1.807) is 11.4 Å². The van der Waals surface area contributed by atoms with Gasteiger partial charge in [0, 0.05) is 25.0 Å². The van der Waals surface area contributed by atoms with Gasteiger partial charge in [-0.2, -0.15) is 0 Å². The third-order valence-corrected chi connectivity index (χ3v) is 5.43. The number of rotatable bonds is 5. The monoisotopic (exact) mass is 445 g/mol. The van der Waals surface area contributed by atoms with Crippen LogP contribution in [0, 0.1) is 5.82 Å². The molecule has 0 aliphatic rings. The zero-order valence-corrected chi connectivity index (χ0v) is 17.4. The van der Waals surface area contributed by atoms with Crippen LogP contribution in [-0.2, 0) is 25.3 Å². The Morgan fingerprint density at radius 3 is 2.77 bits per heavy atom. The Morgan fingerprint density at radius 1 is 1.29 bits per heavy atom. The van der Waals surface area contributed by atoms with E-state index in [0.29, 0.717) is 16.4 Å². The molecule has 0 spiro atoms. The van der Waals surface area contributed by atoms with Gasteiger partial charge in [-0.25, -0.2) is 14.2 Å². The quantitative estimate of drug-likeness (QED) is 0.496. The van der Waals surface area contributed by atoms with Gasteiger partial charge in [-0.3, -0.25) is 18.7 Å². The maximum absolute atomic E-state index is 13.9. The first-order valence-corrected chi connectivity index (χ1v) is 9.81. The summed E-state index contributed by atoms with van der Waals surface area (Å²) in [5.74, 6) is -0.851. The van der Waals surface area contributed by atoms with E-state index in [1.165, 1.54) is 37.9 Å². The number of fused-ring (bicyclic) bond motifs is 1. The lowest BCUT2D eigenvalue weighted by Crippen LogP contribution is -2.37. The van der Waals surface area contributed by atoms with E-state index in [-0.39, 0.29) is 29.0 Å². The minimum absolute atomic E-state index is 0.0395. The van der Waals surface area contributed by atoms with Crippen molar-refractivity contribution in [2.45, 2.75) is 6.42 Å². The van der Waals surface area contributed by atoms with Gasteiger partial charge in [-0.15, -0.1) is 11.3 Å². The number of hydrogen-bond donors (Lipinski definition) is 1. The predicted molar refractivity (Wildman–Crippen MR) is 111 cm³/mol. The highest BCUT2D eigenvalue weighted by atomic mass is 32.1. The summed E-state index contributed by atoms with van der Waals surface area (Å²) in [5, 5.41) is 8.39. The largest absolute Gasteiger partial charge is 0.494 e. The van der Waals surface area contributed by atoms with Gasteiger partial charge >= 0.3 is 5.69 Å². The van der Waals surface area contributed by atoms with E-state index in [0.717, 1.165) is 15.9 Å². The highest BCUT2D eigenvalue weighted by Gasteiger charge is 2.21. The number of amides is 1. The molecule has 0 atom stereocenters. The smallest absolute Gasteiger partial charge is 0.332 e. The summed E-state index contributed by atoms with van der Waals surface area (Å²) >= 11 is 1.16. The molecule has 0 saturated heterocycles. The van der Waals surface area contributed by atoms with Crippen molar-refractivity contribution in [2.75, 3.05) is 12.4 Å². The molecule has 0 fully saturated rings. The molecule has 31 heavy (non-hydrogen) atoms. The number of benzene rings is 1. The van der Waals surface area contributed by atoms with Crippen molar-refractivity contribution >= 4 is 33.4 Å². The lowest BCUT2D eigenvalue weighted by atomic mass is 10.1. The third kappa shape index (κ3) is 3.61. The van der Waals surface area contributed by atoms with E-state index in [2.05, 4.69) is 15.5 Å². The number of nitrogens with one attached hydrogen (secondary N) is 1. The molecule has 10 nitrogen and oxygen atoms in total. The minimum Gasteiger partial charge on any atom is -0.494 e. The number of nitrogens with zero attached hydrogens (tertiary/aromatic N) is 4. The Morgan fingerprint density at radius 2 is 2.06 bits per heavy atom. The van der Waals surface area contributed by atoms with Crippen LogP contribution in [0.4, 0.5) is 9.52 Å². The van der Waals surface area contributed by atoms with Crippen molar-refractivity contribution in [3.05, 3.63) is 56.0 Å². The molecule has 3 heterocycles. The summed E-state index contributed by atoms with van der Waals surface area (Å²) in [6, 6.07) is 4.44. The van der Waals surface area contributed by atoms with Crippen molar-refractivity contribution in [3.8, 4) is 17.0 Å². The summed E-state index contributed by atoms with van der Waals surface area (Å²) in [7, 11) is 4.16. The maximum Gasteiger partial charge on any atom is 0.332 e. The number of halogens is 1. The summed E-state index contributed by atoms with van der Waals surface area (Å²) in [6.45, 7) is 0. The first-order chi connectivity index (χ1) is 14.8. The number of aryl methyl sites for hydroxylation is 1. The Hall–Kier alpha value is -3.80. The van der Waals surface area contributed by atoms with Gasteiger partial charge in [0.15, 0.2) is 28.1 Å². The van der Waals surface area contributed by atoms with Crippen LogP contribution >= 0.6 is 11.3 Å².